The maximum Gasteiger partial charge on any atom is 0.250 e. The Labute approximate surface area is 265 Å². The molecule has 0 amide bonds. The van der Waals surface area contributed by atoms with Crippen LogP contribution in [0.15, 0.2) is 97.2 Å². The number of hydrogen-bond acceptors (Lipinski definition) is 5. The smallest absolute Gasteiger partial charge is 0.250 e. The summed E-state index contributed by atoms with van der Waals surface area (Å²) in [5.74, 6) is 0.955. The van der Waals surface area contributed by atoms with Gasteiger partial charge in [-0.25, -0.2) is 0 Å². The molecule has 3 atom stereocenters. The molecule has 0 aliphatic carbocycles. The van der Waals surface area contributed by atoms with E-state index in [0.29, 0.717) is 17.6 Å². The van der Waals surface area contributed by atoms with Crippen LogP contribution in [0.1, 0.15) is 62.9 Å². The zero-order valence-electron chi connectivity index (χ0n) is 27.3. The van der Waals surface area contributed by atoms with Gasteiger partial charge >= 0.3 is 0 Å². The van der Waals surface area contributed by atoms with Crippen molar-refractivity contribution < 1.29 is 4.43 Å². The highest BCUT2D eigenvalue weighted by atomic mass is 28.4. The Hall–Kier alpha value is -3.76. The predicted octanol–water partition coefficient (Wildman–Crippen LogP) is 8.69. The second kappa shape index (κ2) is 13.1. The summed E-state index contributed by atoms with van der Waals surface area (Å²) in [6, 6.07) is 35.0. The van der Waals surface area contributed by atoms with E-state index in [-0.39, 0.29) is 11.1 Å². The van der Waals surface area contributed by atoms with Crippen LogP contribution < -0.4 is 4.43 Å². The lowest BCUT2D eigenvalue weighted by Crippen LogP contribution is -2.56. The Morgan fingerprint density at radius 1 is 0.886 bits per heavy atom. The van der Waals surface area contributed by atoms with Gasteiger partial charge in [-0.1, -0.05) is 87.5 Å². The Balaban J connectivity index is 1.49. The highest BCUT2D eigenvalue weighted by molar-refractivity contribution is 6.74. The van der Waals surface area contributed by atoms with E-state index in [1.807, 2.05) is 6.07 Å². The number of rotatable bonds is 8. The number of nitriles is 1. The fourth-order valence-electron chi connectivity index (χ4n) is 5.89. The third-order valence-corrected chi connectivity index (χ3v) is 13.8. The minimum absolute atomic E-state index is 0.0711. The maximum atomic E-state index is 9.39. The molecule has 2 heterocycles. The average Bonchev–Trinajstić information content (AvgIpc) is 3.00. The van der Waals surface area contributed by atoms with Crippen LogP contribution in [-0.4, -0.2) is 48.3 Å². The van der Waals surface area contributed by atoms with Crippen LogP contribution >= 0.6 is 0 Å². The predicted molar refractivity (Wildman–Crippen MR) is 183 cm³/mol. The normalized spacial score (nSPS) is 18.9. The fourth-order valence-corrected chi connectivity index (χ4v) is 6.91. The van der Waals surface area contributed by atoms with Gasteiger partial charge in [-0.05, 0) is 72.9 Å². The standard InChI is InChI=1S/C38H46N4OSi/c1-28-26-42(29(2)25-41(28)27-30-12-9-8-10-13-30)37(34-14-11-15-35(23-34)43-44(6,7)38(3,4)5)33-18-16-32(17-19-33)36-22-31(24-39)20-21-40-36/h8-23,28-29,37H,25-27H2,1-7H3. The molecule has 44 heavy (non-hydrogen) atoms. The molecule has 0 saturated carbocycles. The Bertz CT molecular complexity index is 1590. The van der Waals surface area contributed by atoms with Gasteiger partial charge in [0.1, 0.15) is 5.75 Å². The number of aromatic nitrogens is 1. The lowest BCUT2D eigenvalue weighted by molar-refractivity contribution is 0.0195. The van der Waals surface area contributed by atoms with Gasteiger partial charge in [-0.3, -0.25) is 14.8 Å². The van der Waals surface area contributed by atoms with Crippen LogP contribution in [0.3, 0.4) is 0 Å². The zero-order chi connectivity index (χ0) is 31.5. The van der Waals surface area contributed by atoms with E-state index in [1.165, 1.54) is 16.7 Å². The van der Waals surface area contributed by atoms with Gasteiger partial charge in [0.25, 0.3) is 0 Å². The van der Waals surface area contributed by atoms with E-state index in [9.17, 15) is 5.26 Å². The number of benzene rings is 3. The monoisotopic (exact) mass is 602 g/mol. The minimum Gasteiger partial charge on any atom is -0.543 e. The van der Waals surface area contributed by atoms with Gasteiger partial charge in [0.2, 0.25) is 8.32 Å². The summed E-state index contributed by atoms with van der Waals surface area (Å²) >= 11 is 0. The first-order valence-corrected chi connectivity index (χ1v) is 18.7. The molecular weight excluding hydrogens is 557 g/mol. The average molecular weight is 603 g/mol. The Morgan fingerprint density at radius 3 is 2.30 bits per heavy atom. The van der Waals surface area contributed by atoms with Crippen LogP contribution in [0.4, 0.5) is 0 Å². The van der Waals surface area contributed by atoms with Crippen LogP contribution in [0.25, 0.3) is 11.3 Å². The first-order chi connectivity index (χ1) is 20.9. The number of pyridine rings is 1. The van der Waals surface area contributed by atoms with Gasteiger partial charge in [-0.15, -0.1) is 0 Å². The molecule has 1 fully saturated rings. The van der Waals surface area contributed by atoms with Crippen molar-refractivity contribution in [3.8, 4) is 23.1 Å². The van der Waals surface area contributed by atoms with Crippen LogP contribution in [0.2, 0.25) is 18.1 Å². The third-order valence-electron chi connectivity index (χ3n) is 9.49. The largest absolute Gasteiger partial charge is 0.543 e. The van der Waals surface area contributed by atoms with Crippen LogP contribution in [0, 0.1) is 11.3 Å². The third kappa shape index (κ3) is 7.13. The lowest BCUT2D eigenvalue weighted by Gasteiger charge is -2.48. The molecule has 5 nitrogen and oxygen atoms in total. The summed E-state index contributed by atoms with van der Waals surface area (Å²) < 4.78 is 6.79. The molecule has 1 saturated heterocycles. The molecular formula is C38H46N4OSi. The summed E-state index contributed by atoms with van der Waals surface area (Å²) in [5, 5.41) is 9.51. The molecule has 4 aromatic rings. The molecule has 1 aliphatic rings. The van der Waals surface area contributed by atoms with E-state index in [1.54, 1.807) is 12.3 Å². The minimum atomic E-state index is -2.00. The van der Waals surface area contributed by atoms with E-state index in [4.69, 9.17) is 4.43 Å². The van der Waals surface area contributed by atoms with Crippen molar-refractivity contribution in [3.05, 3.63) is 119 Å². The van der Waals surface area contributed by atoms with Crippen LogP contribution in [0.5, 0.6) is 5.75 Å². The second-order valence-electron chi connectivity index (χ2n) is 13.8. The van der Waals surface area contributed by atoms with Crippen molar-refractivity contribution in [1.29, 1.82) is 5.26 Å². The van der Waals surface area contributed by atoms with E-state index in [0.717, 1.165) is 36.6 Å². The SMILES string of the molecule is CC1CN(C(c2ccc(-c3cc(C#N)ccn3)cc2)c2cccc(O[Si](C)(C)C(C)(C)C)c2)C(C)CN1Cc1ccccc1. The summed E-state index contributed by atoms with van der Waals surface area (Å²) in [6.07, 6.45) is 1.70. The van der Waals surface area contributed by atoms with Crippen LogP contribution in [-0.2, 0) is 6.54 Å². The van der Waals surface area contributed by atoms with Gasteiger partial charge in [0.05, 0.1) is 23.4 Å². The van der Waals surface area contributed by atoms with Crippen molar-refractivity contribution in [1.82, 2.24) is 14.8 Å². The van der Waals surface area contributed by atoms with E-state index < -0.39 is 8.32 Å². The Kier molecular flexibility index (Phi) is 9.41. The number of hydrogen-bond donors (Lipinski definition) is 0. The molecule has 0 bridgehead atoms. The molecule has 0 radical (unpaired) electrons. The summed E-state index contributed by atoms with van der Waals surface area (Å²) in [7, 11) is -2.00. The molecule has 1 aliphatic heterocycles. The number of piperazine rings is 1. The second-order valence-corrected chi connectivity index (χ2v) is 18.5. The van der Waals surface area contributed by atoms with Gasteiger partial charge in [0.15, 0.2) is 0 Å². The molecule has 0 N–H and O–H groups in total. The van der Waals surface area contributed by atoms with Crippen molar-refractivity contribution in [3.63, 3.8) is 0 Å². The number of nitrogens with zero attached hydrogens (tertiary/aromatic N) is 4. The molecule has 1 aromatic heterocycles. The van der Waals surface area contributed by atoms with E-state index in [2.05, 4.69) is 147 Å². The van der Waals surface area contributed by atoms with Crippen molar-refractivity contribution >= 4 is 8.32 Å². The highest BCUT2D eigenvalue weighted by Gasteiger charge is 2.39. The highest BCUT2D eigenvalue weighted by Crippen LogP contribution is 2.40. The van der Waals surface area contributed by atoms with Crippen molar-refractivity contribution in [2.45, 2.75) is 77.4 Å². The Morgan fingerprint density at radius 2 is 1.61 bits per heavy atom. The molecule has 3 aromatic carbocycles. The van der Waals surface area contributed by atoms with E-state index >= 15 is 0 Å². The topological polar surface area (TPSA) is 52.4 Å². The molecule has 6 heteroatoms. The molecule has 3 unspecified atom stereocenters. The van der Waals surface area contributed by atoms with Gasteiger partial charge in [0, 0.05) is 43.5 Å². The lowest BCUT2D eigenvalue weighted by atomic mass is 9.92. The zero-order valence-corrected chi connectivity index (χ0v) is 28.3. The summed E-state index contributed by atoms with van der Waals surface area (Å²) in [6.45, 7) is 19.1. The van der Waals surface area contributed by atoms with Gasteiger partial charge in [-0.2, -0.15) is 5.26 Å². The van der Waals surface area contributed by atoms with Crippen molar-refractivity contribution in [2.75, 3.05) is 13.1 Å². The quantitative estimate of drug-likeness (QED) is 0.189. The summed E-state index contributed by atoms with van der Waals surface area (Å²) in [5.41, 5.74) is 6.28. The molecule has 5 rings (SSSR count). The fraction of sp³-hybridized carbons (Fsp3) is 0.368. The summed E-state index contributed by atoms with van der Waals surface area (Å²) in [4.78, 5) is 9.81. The molecule has 228 valence electrons. The first-order valence-electron chi connectivity index (χ1n) is 15.7. The molecule has 0 spiro atoms. The maximum absolute atomic E-state index is 9.39. The van der Waals surface area contributed by atoms with Gasteiger partial charge < -0.3 is 4.43 Å². The van der Waals surface area contributed by atoms with Crippen molar-refractivity contribution in [2.24, 2.45) is 0 Å². The first kappa shape index (κ1) is 31.7.